The molecule has 31 heavy (non-hydrogen) atoms. The van der Waals surface area contributed by atoms with Crippen LogP contribution in [0.25, 0.3) is 32.9 Å². The van der Waals surface area contributed by atoms with Crippen LogP contribution in [0.5, 0.6) is 5.88 Å². The number of pyridine rings is 1. The van der Waals surface area contributed by atoms with Gasteiger partial charge in [-0.25, -0.2) is 14.8 Å². The Morgan fingerprint density at radius 3 is 2.77 bits per heavy atom. The second-order valence-corrected chi connectivity index (χ2v) is 8.32. The molecule has 5 rings (SSSR count). The number of carbonyl (C=O) groups is 1. The van der Waals surface area contributed by atoms with Gasteiger partial charge in [0.2, 0.25) is 11.8 Å². The molecule has 4 aromatic rings. The third-order valence-corrected chi connectivity index (χ3v) is 5.17. The molecule has 0 bridgehead atoms. The average molecular weight is 425 g/mol. The summed E-state index contributed by atoms with van der Waals surface area (Å²) in [5.41, 5.74) is 3.70. The van der Waals surface area contributed by atoms with Gasteiger partial charge < -0.3 is 28.3 Å². The van der Waals surface area contributed by atoms with Gasteiger partial charge in [-0.3, -0.25) is 0 Å². The number of nitrogens with zero attached hydrogens (tertiary/aromatic N) is 2. The second kappa shape index (κ2) is 6.93. The predicted octanol–water partition coefficient (Wildman–Crippen LogP) is 4.91. The lowest BCUT2D eigenvalue weighted by Gasteiger charge is -2.15. The molecule has 1 atom stereocenters. The fourth-order valence-corrected chi connectivity index (χ4v) is 3.87. The van der Waals surface area contributed by atoms with E-state index in [0.717, 1.165) is 21.8 Å². The number of oxazole rings is 1. The van der Waals surface area contributed by atoms with Crippen LogP contribution in [0.15, 0.2) is 22.7 Å². The maximum Gasteiger partial charge on any atom is 0.515 e. The molecular weight excluding hydrogens is 402 g/mol. The van der Waals surface area contributed by atoms with Crippen molar-refractivity contribution in [2.75, 3.05) is 6.61 Å². The number of hydrogen-bond donors (Lipinski definition) is 1. The van der Waals surface area contributed by atoms with Crippen molar-refractivity contribution in [3.8, 4) is 5.88 Å². The zero-order chi connectivity index (χ0) is 21.9. The Kier molecular flexibility index (Phi) is 4.42. The number of aromatic amines is 1. The van der Waals surface area contributed by atoms with Gasteiger partial charge in [0.1, 0.15) is 5.52 Å². The molecule has 162 valence electrons. The highest BCUT2D eigenvalue weighted by Gasteiger charge is 2.36. The molecule has 1 fully saturated rings. The number of aryl methyl sites for hydroxylation is 1. The largest absolute Gasteiger partial charge is 0.515 e. The Bertz CT molecular complexity index is 1320. The van der Waals surface area contributed by atoms with E-state index < -0.39 is 11.9 Å². The molecule has 0 amide bonds. The zero-order valence-corrected chi connectivity index (χ0v) is 17.9. The Labute approximate surface area is 177 Å². The summed E-state index contributed by atoms with van der Waals surface area (Å²) in [7, 11) is 0. The normalized spacial score (nSPS) is 18.5. The average Bonchev–Trinajstić information content (AvgIpc) is 3.36. The predicted molar refractivity (Wildman–Crippen MR) is 112 cm³/mol. The van der Waals surface area contributed by atoms with Crippen LogP contribution in [-0.4, -0.2) is 39.6 Å². The number of rotatable bonds is 3. The molecule has 1 aromatic carbocycles. The zero-order valence-electron chi connectivity index (χ0n) is 17.9. The highest BCUT2D eigenvalue weighted by molar-refractivity contribution is 6.19. The van der Waals surface area contributed by atoms with E-state index in [1.165, 1.54) is 0 Å². The first-order valence-electron chi connectivity index (χ1n) is 10.1. The number of nitrogens with one attached hydrogen (secondary N) is 1. The second-order valence-electron chi connectivity index (χ2n) is 8.32. The highest BCUT2D eigenvalue weighted by Crippen LogP contribution is 2.39. The van der Waals surface area contributed by atoms with Crippen molar-refractivity contribution in [1.82, 2.24) is 15.0 Å². The molecule has 0 radical (unpaired) electrons. The van der Waals surface area contributed by atoms with Crippen molar-refractivity contribution < 1.29 is 28.2 Å². The third-order valence-electron chi connectivity index (χ3n) is 5.17. The number of fused-ring (bicyclic) bond motifs is 5. The van der Waals surface area contributed by atoms with Crippen molar-refractivity contribution in [3.63, 3.8) is 0 Å². The van der Waals surface area contributed by atoms with Crippen molar-refractivity contribution in [2.45, 2.75) is 52.6 Å². The fraction of sp³-hybridized carbons (Fsp3) is 0.409. The van der Waals surface area contributed by atoms with Gasteiger partial charge >= 0.3 is 6.16 Å². The van der Waals surface area contributed by atoms with Crippen LogP contribution in [0, 0.1) is 6.92 Å². The molecule has 0 saturated carbocycles. The van der Waals surface area contributed by atoms with Gasteiger partial charge in [0.05, 0.1) is 24.4 Å². The van der Waals surface area contributed by atoms with Crippen LogP contribution in [0.1, 0.15) is 45.3 Å². The lowest BCUT2D eigenvalue weighted by molar-refractivity contribution is -0.141. The topological polar surface area (TPSA) is 109 Å². The molecule has 4 heterocycles. The minimum absolute atomic E-state index is 0.189. The van der Waals surface area contributed by atoms with E-state index in [1.54, 1.807) is 20.0 Å². The first-order chi connectivity index (χ1) is 14.7. The standard InChI is InChI=1S/C22H23N3O6/c1-10(2)28-21(26)30-19-11(3)16-13(8-23-19)24-12-6-7-14-18(17(12)16)25-20(29-14)15-9-27-22(4,5)31-15/h6-8,10,15,24H,9H2,1-5H3. The monoisotopic (exact) mass is 425 g/mol. The van der Waals surface area contributed by atoms with Crippen molar-refractivity contribution in [2.24, 2.45) is 0 Å². The van der Waals surface area contributed by atoms with E-state index >= 15 is 0 Å². The summed E-state index contributed by atoms with van der Waals surface area (Å²) in [6.07, 6.45) is 0.170. The molecule has 1 N–H and O–H groups in total. The fourth-order valence-electron chi connectivity index (χ4n) is 3.87. The van der Waals surface area contributed by atoms with Gasteiger partial charge in [-0.05, 0) is 46.8 Å². The molecule has 1 aliphatic heterocycles. The third kappa shape index (κ3) is 3.39. The van der Waals surface area contributed by atoms with E-state index in [4.69, 9.17) is 28.3 Å². The molecule has 0 spiro atoms. The molecule has 3 aromatic heterocycles. The summed E-state index contributed by atoms with van der Waals surface area (Å²) < 4.78 is 28.0. The minimum atomic E-state index is -0.792. The smallest absolute Gasteiger partial charge is 0.438 e. The van der Waals surface area contributed by atoms with E-state index in [2.05, 4.69) is 9.97 Å². The van der Waals surface area contributed by atoms with Crippen LogP contribution in [0.4, 0.5) is 4.79 Å². The summed E-state index contributed by atoms with van der Waals surface area (Å²) in [6.45, 7) is 9.44. The summed E-state index contributed by atoms with van der Waals surface area (Å²) in [4.78, 5) is 24.3. The number of ether oxygens (including phenoxy) is 4. The number of aromatic nitrogens is 3. The number of benzene rings is 1. The van der Waals surface area contributed by atoms with Gasteiger partial charge in [0, 0.05) is 21.9 Å². The first kappa shape index (κ1) is 19.8. The quantitative estimate of drug-likeness (QED) is 0.461. The molecule has 1 aliphatic rings. The highest BCUT2D eigenvalue weighted by atomic mass is 16.7. The SMILES string of the molecule is Cc1c(OC(=O)OC(C)C)ncc2[nH]c3ccc4oc(C5COC(C)(C)O5)nc4c3c12. The van der Waals surface area contributed by atoms with Gasteiger partial charge in [-0.15, -0.1) is 0 Å². The van der Waals surface area contributed by atoms with Gasteiger partial charge in [0.15, 0.2) is 17.5 Å². The number of hydrogen-bond acceptors (Lipinski definition) is 8. The summed E-state index contributed by atoms with van der Waals surface area (Å²) in [5.74, 6) is -0.0271. The summed E-state index contributed by atoms with van der Waals surface area (Å²) >= 11 is 0. The lowest BCUT2D eigenvalue weighted by Crippen LogP contribution is -2.19. The maximum absolute atomic E-state index is 12.0. The molecule has 1 saturated heterocycles. The maximum atomic E-state index is 12.0. The van der Waals surface area contributed by atoms with Gasteiger partial charge in [-0.1, -0.05) is 0 Å². The summed E-state index contributed by atoms with van der Waals surface area (Å²) in [5, 5.41) is 1.72. The number of H-pyrrole nitrogens is 1. The Morgan fingerprint density at radius 1 is 1.26 bits per heavy atom. The Morgan fingerprint density at radius 2 is 2.06 bits per heavy atom. The number of carbonyl (C=O) groups excluding carboxylic acids is 1. The summed E-state index contributed by atoms with van der Waals surface area (Å²) in [6, 6.07) is 3.79. The van der Waals surface area contributed by atoms with Crippen LogP contribution in [0.3, 0.4) is 0 Å². The van der Waals surface area contributed by atoms with Gasteiger partial charge in [0.25, 0.3) is 0 Å². The van der Waals surface area contributed by atoms with Crippen molar-refractivity contribution in [1.29, 1.82) is 0 Å². The minimum Gasteiger partial charge on any atom is -0.438 e. The van der Waals surface area contributed by atoms with Crippen molar-refractivity contribution in [3.05, 3.63) is 29.8 Å². The molecule has 1 unspecified atom stereocenters. The van der Waals surface area contributed by atoms with Crippen LogP contribution in [-0.2, 0) is 14.2 Å². The van der Waals surface area contributed by atoms with Crippen LogP contribution >= 0.6 is 0 Å². The van der Waals surface area contributed by atoms with E-state index in [-0.39, 0.29) is 18.1 Å². The van der Waals surface area contributed by atoms with E-state index in [1.807, 2.05) is 32.9 Å². The van der Waals surface area contributed by atoms with Crippen LogP contribution in [0.2, 0.25) is 0 Å². The van der Waals surface area contributed by atoms with Crippen LogP contribution < -0.4 is 4.74 Å². The lowest BCUT2D eigenvalue weighted by atomic mass is 10.1. The van der Waals surface area contributed by atoms with E-state index in [9.17, 15) is 4.79 Å². The Hall–Kier alpha value is -3.17. The van der Waals surface area contributed by atoms with E-state index in [0.29, 0.717) is 29.2 Å². The van der Waals surface area contributed by atoms with Crippen molar-refractivity contribution >= 4 is 39.1 Å². The van der Waals surface area contributed by atoms with Gasteiger partial charge in [-0.2, -0.15) is 0 Å². The molecular formula is C22H23N3O6. The molecule has 9 heteroatoms. The first-order valence-corrected chi connectivity index (χ1v) is 10.1. The Balaban J connectivity index is 1.63. The molecule has 9 nitrogen and oxygen atoms in total. The molecule has 0 aliphatic carbocycles.